The number of hydrogen-bond acceptors (Lipinski definition) is 9. The van der Waals surface area contributed by atoms with Gasteiger partial charge in [0.25, 0.3) is 11.9 Å². The molecule has 3 aliphatic heterocycles. The molecule has 12 heteroatoms. The number of nitriles is 2. The van der Waals surface area contributed by atoms with Crippen LogP contribution in [-0.2, 0) is 14.6 Å². The predicted molar refractivity (Wildman–Crippen MR) is 125 cm³/mol. The van der Waals surface area contributed by atoms with Gasteiger partial charge >= 0.3 is 0 Å². The molecule has 3 aliphatic rings. The Hall–Kier alpha value is -4.39. The molecule has 1 saturated heterocycles. The summed E-state index contributed by atoms with van der Waals surface area (Å²) >= 11 is 0. The highest BCUT2D eigenvalue weighted by Gasteiger charge is 2.55. The molecule has 11 nitrogen and oxygen atoms in total. The molecule has 0 radical (unpaired) electrons. The van der Waals surface area contributed by atoms with Crippen LogP contribution in [0.2, 0.25) is 0 Å². The molecule has 4 heterocycles. The SMILES string of the molecule is CC1=Nc2nc(N3C(=O)c4ccccc4C4OC43)nn2C(c2ccc(C#N)cc2S(C)(=O)=O)C1C#N. The van der Waals surface area contributed by atoms with Crippen LogP contribution in [0.3, 0.4) is 0 Å². The third kappa shape index (κ3) is 3.16. The van der Waals surface area contributed by atoms with Crippen molar-refractivity contribution in [3.63, 3.8) is 0 Å². The van der Waals surface area contributed by atoms with E-state index in [9.17, 15) is 23.7 Å². The summed E-state index contributed by atoms with van der Waals surface area (Å²) in [6.45, 7) is 1.66. The Bertz CT molecular complexity index is 1700. The molecule has 6 rings (SSSR count). The standard InChI is InChI=1S/C24H17N7O4S/c1-12-17(11-26)19(16-8-7-13(10-25)9-18(16)36(2,33)34)31-23(27-12)28-24(29-31)30-21(32)15-6-4-3-5-14(15)20-22(30)35-20/h3-9,17,19-20,22H,1-2H3. The van der Waals surface area contributed by atoms with Gasteiger partial charge in [0.1, 0.15) is 18.1 Å². The van der Waals surface area contributed by atoms with Crippen molar-refractivity contribution in [3.8, 4) is 12.1 Å². The van der Waals surface area contributed by atoms with Crippen LogP contribution in [0, 0.1) is 28.6 Å². The van der Waals surface area contributed by atoms with Gasteiger partial charge in [-0.15, -0.1) is 5.10 Å². The summed E-state index contributed by atoms with van der Waals surface area (Å²) in [6, 6.07) is 14.7. The average Bonchev–Trinajstić information content (AvgIpc) is 3.54. The first-order chi connectivity index (χ1) is 17.2. The molecule has 0 bridgehead atoms. The Balaban J connectivity index is 1.51. The second-order valence-electron chi connectivity index (χ2n) is 8.81. The summed E-state index contributed by atoms with van der Waals surface area (Å²) in [7, 11) is -3.77. The number of aliphatic imine (C=N–C) groups is 1. The lowest BCUT2D eigenvalue weighted by Gasteiger charge is -2.28. The van der Waals surface area contributed by atoms with Crippen LogP contribution in [0.4, 0.5) is 11.9 Å². The fourth-order valence-corrected chi connectivity index (χ4v) is 5.79. The quantitative estimate of drug-likeness (QED) is 0.497. The lowest BCUT2D eigenvalue weighted by atomic mass is 9.89. The third-order valence-electron chi connectivity index (χ3n) is 6.56. The number of epoxide rings is 1. The van der Waals surface area contributed by atoms with Gasteiger partial charge in [0.15, 0.2) is 16.1 Å². The molecule has 0 spiro atoms. The molecular formula is C24H17N7O4S. The minimum absolute atomic E-state index is 0.0479. The number of carbonyl (C=O) groups is 1. The van der Waals surface area contributed by atoms with E-state index in [1.54, 1.807) is 19.1 Å². The molecule has 4 atom stereocenters. The van der Waals surface area contributed by atoms with Gasteiger partial charge in [0, 0.05) is 17.5 Å². The van der Waals surface area contributed by atoms with Crippen LogP contribution >= 0.6 is 0 Å². The normalized spacial score (nSPS) is 24.1. The third-order valence-corrected chi connectivity index (χ3v) is 7.72. The summed E-state index contributed by atoms with van der Waals surface area (Å²) in [5, 5.41) is 23.8. The van der Waals surface area contributed by atoms with Gasteiger partial charge in [-0.1, -0.05) is 24.3 Å². The number of amides is 1. The van der Waals surface area contributed by atoms with Crippen molar-refractivity contribution in [2.75, 3.05) is 11.2 Å². The van der Waals surface area contributed by atoms with Crippen molar-refractivity contribution in [1.82, 2.24) is 14.8 Å². The maximum atomic E-state index is 13.3. The molecule has 1 aromatic heterocycles. The maximum Gasteiger partial charge on any atom is 0.263 e. The number of hydrogen-bond donors (Lipinski definition) is 0. The summed E-state index contributed by atoms with van der Waals surface area (Å²) in [5.41, 5.74) is 2.17. The molecule has 2 aromatic carbocycles. The highest BCUT2D eigenvalue weighted by Crippen LogP contribution is 2.48. The summed E-state index contributed by atoms with van der Waals surface area (Å²) in [4.78, 5) is 23.5. The first kappa shape index (κ1) is 22.1. The Morgan fingerprint density at radius 2 is 1.89 bits per heavy atom. The molecule has 0 saturated carbocycles. The van der Waals surface area contributed by atoms with Gasteiger partial charge in [-0.2, -0.15) is 15.5 Å². The topological polar surface area (TPSA) is 158 Å². The molecule has 4 unspecified atom stereocenters. The average molecular weight is 500 g/mol. The van der Waals surface area contributed by atoms with Crippen molar-refractivity contribution in [2.24, 2.45) is 10.9 Å². The summed E-state index contributed by atoms with van der Waals surface area (Å²) < 4.78 is 32.5. The van der Waals surface area contributed by atoms with Crippen LogP contribution in [0.5, 0.6) is 0 Å². The van der Waals surface area contributed by atoms with Crippen molar-refractivity contribution in [2.45, 2.75) is 30.2 Å². The van der Waals surface area contributed by atoms with E-state index in [4.69, 9.17) is 4.74 Å². The number of rotatable bonds is 3. The van der Waals surface area contributed by atoms with Crippen molar-refractivity contribution >= 4 is 33.4 Å². The van der Waals surface area contributed by atoms with Gasteiger partial charge in [-0.25, -0.2) is 23.0 Å². The number of aromatic nitrogens is 3. The number of anilines is 1. The number of carbonyl (C=O) groups excluding carboxylic acids is 1. The molecule has 1 amide bonds. The Morgan fingerprint density at radius 1 is 1.11 bits per heavy atom. The van der Waals surface area contributed by atoms with Gasteiger partial charge in [0.2, 0.25) is 5.95 Å². The number of benzene rings is 2. The highest BCUT2D eigenvalue weighted by molar-refractivity contribution is 7.90. The van der Waals surface area contributed by atoms with E-state index in [-0.39, 0.29) is 39.9 Å². The second kappa shape index (κ2) is 7.55. The minimum Gasteiger partial charge on any atom is -0.342 e. The lowest BCUT2D eigenvalue weighted by molar-refractivity contribution is 0.0971. The van der Waals surface area contributed by atoms with E-state index < -0.39 is 28.0 Å². The Labute approximate surface area is 205 Å². The van der Waals surface area contributed by atoms with Crippen molar-refractivity contribution < 1.29 is 17.9 Å². The zero-order valence-electron chi connectivity index (χ0n) is 19.0. The lowest BCUT2D eigenvalue weighted by Crippen LogP contribution is -2.38. The van der Waals surface area contributed by atoms with Gasteiger partial charge < -0.3 is 4.74 Å². The van der Waals surface area contributed by atoms with Gasteiger partial charge in [0.05, 0.1) is 22.6 Å². The van der Waals surface area contributed by atoms with Crippen molar-refractivity contribution in [3.05, 3.63) is 64.7 Å². The van der Waals surface area contributed by atoms with Gasteiger partial charge in [-0.05, 0) is 36.2 Å². The number of sulfone groups is 1. The maximum absolute atomic E-state index is 13.3. The van der Waals surface area contributed by atoms with E-state index in [0.29, 0.717) is 11.3 Å². The fraction of sp³-hybridized carbons (Fsp3) is 0.250. The number of fused-ring (bicyclic) bond motifs is 4. The predicted octanol–water partition coefficient (Wildman–Crippen LogP) is 2.45. The Kier molecular flexibility index (Phi) is 4.64. The zero-order chi connectivity index (χ0) is 25.4. The molecule has 0 N–H and O–H groups in total. The summed E-state index contributed by atoms with van der Waals surface area (Å²) in [5.74, 6) is -1.00. The van der Waals surface area contributed by atoms with Gasteiger partial charge in [-0.3, -0.25) is 4.79 Å². The first-order valence-electron chi connectivity index (χ1n) is 11.0. The molecule has 36 heavy (non-hydrogen) atoms. The van der Waals surface area contributed by atoms with E-state index in [1.807, 2.05) is 18.2 Å². The monoisotopic (exact) mass is 499 g/mol. The molecule has 1 fully saturated rings. The zero-order valence-corrected chi connectivity index (χ0v) is 19.8. The van der Waals surface area contributed by atoms with Crippen molar-refractivity contribution in [1.29, 1.82) is 10.5 Å². The molecular weight excluding hydrogens is 482 g/mol. The first-order valence-corrected chi connectivity index (χ1v) is 12.9. The number of ether oxygens (including phenoxy) is 1. The van der Waals surface area contributed by atoms with Crippen LogP contribution in [0.25, 0.3) is 0 Å². The van der Waals surface area contributed by atoms with Crippen LogP contribution < -0.4 is 4.90 Å². The van der Waals surface area contributed by atoms with Crippen LogP contribution in [-0.4, -0.2) is 47.3 Å². The minimum atomic E-state index is -3.77. The number of nitrogens with zero attached hydrogens (tertiary/aromatic N) is 7. The highest BCUT2D eigenvalue weighted by atomic mass is 32.2. The van der Waals surface area contributed by atoms with E-state index in [2.05, 4.69) is 21.1 Å². The molecule has 3 aromatic rings. The molecule has 178 valence electrons. The smallest absolute Gasteiger partial charge is 0.263 e. The van der Waals surface area contributed by atoms with E-state index >= 15 is 0 Å². The largest absolute Gasteiger partial charge is 0.342 e. The fourth-order valence-electron chi connectivity index (χ4n) is 4.83. The second-order valence-corrected chi connectivity index (χ2v) is 10.8. The summed E-state index contributed by atoms with van der Waals surface area (Å²) in [6.07, 6.45) is 0.191. The van der Waals surface area contributed by atoms with Crippen LogP contribution in [0.1, 0.15) is 46.1 Å². The van der Waals surface area contributed by atoms with E-state index in [0.717, 1.165) is 11.8 Å². The van der Waals surface area contributed by atoms with Crippen LogP contribution in [0.15, 0.2) is 52.4 Å². The Morgan fingerprint density at radius 3 is 2.61 bits per heavy atom. The van der Waals surface area contributed by atoms with E-state index in [1.165, 1.54) is 27.8 Å². The molecule has 0 aliphatic carbocycles.